The van der Waals surface area contributed by atoms with Crippen LogP contribution in [-0.4, -0.2) is 96.7 Å². The number of esters is 4. The fourth-order valence-corrected chi connectivity index (χ4v) is 12.9. The van der Waals surface area contributed by atoms with Gasteiger partial charge in [-0.05, 0) is 37.5 Å². The van der Waals surface area contributed by atoms with E-state index in [9.17, 15) is 43.2 Å². The first-order valence-electron chi connectivity index (χ1n) is 38.5. The van der Waals surface area contributed by atoms with Crippen molar-refractivity contribution in [2.45, 2.75) is 400 Å². The molecular weight excluding hydrogens is 1220 g/mol. The number of aliphatic hydroxyl groups excluding tert-OH is 1. The fourth-order valence-electron chi connectivity index (χ4n) is 11.3. The molecule has 552 valence electrons. The maximum absolute atomic E-state index is 13.1. The summed E-state index contributed by atoms with van der Waals surface area (Å²) in [5, 5.41) is 10.6. The van der Waals surface area contributed by atoms with Crippen LogP contribution in [0.3, 0.4) is 0 Å². The average molecular weight is 1370 g/mol. The Morgan fingerprint density at radius 3 is 0.731 bits per heavy atom. The number of phosphoric acid groups is 2. The van der Waals surface area contributed by atoms with Gasteiger partial charge in [0, 0.05) is 25.7 Å². The fraction of sp³-hybridized carbons (Fsp3) is 0.946. The van der Waals surface area contributed by atoms with Crippen molar-refractivity contribution < 1.29 is 80.2 Å². The highest BCUT2D eigenvalue weighted by Gasteiger charge is 2.30. The second kappa shape index (κ2) is 66.0. The van der Waals surface area contributed by atoms with Gasteiger partial charge < -0.3 is 33.8 Å². The SMILES string of the molecule is CCCCCCCCCCCCCCCCCCCC(=O)O[C@H](COC(=O)CCCCCCCCCCCCCC(C)C)COP(=O)(O)OC[C@@H](O)COP(=O)(O)OC[C@@H](COC(=O)CCCCCCCCCCCC)OC(=O)CCCCCCCCCCCC(C)C. The normalized spacial score (nSPS) is 14.1. The third kappa shape index (κ3) is 68.4. The zero-order valence-corrected chi connectivity index (χ0v) is 62.3. The van der Waals surface area contributed by atoms with E-state index in [0.717, 1.165) is 102 Å². The summed E-state index contributed by atoms with van der Waals surface area (Å²) in [6.07, 6.45) is 52.7. The second-order valence-corrected chi connectivity index (χ2v) is 30.5. The summed E-state index contributed by atoms with van der Waals surface area (Å²) in [6.45, 7) is 9.56. The van der Waals surface area contributed by atoms with Crippen molar-refractivity contribution in [3.63, 3.8) is 0 Å². The number of carbonyl (C=O) groups is 4. The lowest BCUT2D eigenvalue weighted by molar-refractivity contribution is -0.161. The van der Waals surface area contributed by atoms with Gasteiger partial charge in [-0.25, -0.2) is 9.13 Å². The van der Waals surface area contributed by atoms with Crippen molar-refractivity contribution in [1.82, 2.24) is 0 Å². The molecule has 0 aromatic rings. The van der Waals surface area contributed by atoms with Crippen molar-refractivity contribution >= 4 is 39.5 Å². The van der Waals surface area contributed by atoms with E-state index >= 15 is 0 Å². The Labute approximate surface area is 568 Å². The van der Waals surface area contributed by atoms with E-state index in [4.69, 9.17) is 37.0 Å². The zero-order valence-electron chi connectivity index (χ0n) is 60.6. The van der Waals surface area contributed by atoms with Gasteiger partial charge in [-0.2, -0.15) is 0 Å². The van der Waals surface area contributed by atoms with Gasteiger partial charge in [-0.3, -0.25) is 37.3 Å². The summed E-state index contributed by atoms with van der Waals surface area (Å²) >= 11 is 0. The molecule has 0 saturated heterocycles. The van der Waals surface area contributed by atoms with Gasteiger partial charge in [0.25, 0.3) is 0 Å². The molecule has 0 fully saturated rings. The molecule has 93 heavy (non-hydrogen) atoms. The molecule has 0 heterocycles. The monoisotopic (exact) mass is 1370 g/mol. The Morgan fingerprint density at radius 1 is 0.290 bits per heavy atom. The molecule has 0 aromatic heterocycles. The molecule has 0 aliphatic heterocycles. The minimum atomic E-state index is -4.96. The Bertz CT molecular complexity index is 1800. The highest BCUT2D eigenvalue weighted by Crippen LogP contribution is 2.45. The van der Waals surface area contributed by atoms with Crippen LogP contribution in [0.4, 0.5) is 0 Å². The molecule has 0 saturated carbocycles. The number of carbonyl (C=O) groups excluding carboxylic acids is 4. The molecule has 0 aliphatic rings. The summed E-state index contributed by atoms with van der Waals surface area (Å²) in [5.74, 6) is -0.610. The van der Waals surface area contributed by atoms with E-state index in [1.807, 2.05) is 0 Å². The molecule has 19 heteroatoms. The Balaban J connectivity index is 5.24. The van der Waals surface area contributed by atoms with Crippen LogP contribution >= 0.6 is 15.6 Å². The first-order valence-corrected chi connectivity index (χ1v) is 41.5. The van der Waals surface area contributed by atoms with Gasteiger partial charge in [-0.15, -0.1) is 0 Å². The Morgan fingerprint density at radius 2 is 0.495 bits per heavy atom. The van der Waals surface area contributed by atoms with Crippen LogP contribution in [0.1, 0.15) is 382 Å². The molecule has 0 radical (unpaired) electrons. The largest absolute Gasteiger partial charge is 0.472 e. The first kappa shape index (κ1) is 91.1. The molecular formula is C74H144O17P2. The lowest BCUT2D eigenvalue weighted by atomic mass is 10.0. The Kier molecular flexibility index (Phi) is 64.6. The minimum absolute atomic E-state index is 0.105. The van der Waals surface area contributed by atoms with E-state index in [2.05, 4.69) is 41.5 Å². The van der Waals surface area contributed by atoms with Gasteiger partial charge >= 0.3 is 39.5 Å². The first-order chi connectivity index (χ1) is 44.9. The van der Waals surface area contributed by atoms with Crippen LogP contribution in [0.15, 0.2) is 0 Å². The van der Waals surface area contributed by atoms with Crippen LogP contribution in [0.2, 0.25) is 0 Å². The topological polar surface area (TPSA) is 237 Å². The molecule has 0 amide bonds. The predicted octanol–water partition coefficient (Wildman–Crippen LogP) is 21.6. The molecule has 0 rings (SSSR count). The third-order valence-electron chi connectivity index (χ3n) is 17.2. The highest BCUT2D eigenvalue weighted by molar-refractivity contribution is 7.47. The van der Waals surface area contributed by atoms with Gasteiger partial charge in [0.15, 0.2) is 12.2 Å². The number of unbranched alkanes of at least 4 members (excludes halogenated alkanes) is 43. The van der Waals surface area contributed by atoms with E-state index in [1.165, 1.54) is 199 Å². The van der Waals surface area contributed by atoms with E-state index in [-0.39, 0.29) is 25.7 Å². The highest BCUT2D eigenvalue weighted by atomic mass is 31.2. The van der Waals surface area contributed by atoms with Gasteiger partial charge in [-0.1, -0.05) is 330 Å². The van der Waals surface area contributed by atoms with Crippen LogP contribution in [0, 0.1) is 11.8 Å². The maximum Gasteiger partial charge on any atom is 0.472 e. The number of phosphoric ester groups is 2. The van der Waals surface area contributed by atoms with Crippen LogP contribution in [0.25, 0.3) is 0 Å². The van der Waals surface area contributed by atoms with Crippen molar-refractivity contribution in [2.75, 3.05) is 39.6 Å². The molecule has 0 spiro atoms. The molecule has 3 N–H and O–H groups in total. The lowest BCUT2D eigenvalue weighted by Crippen LogP contribution is -2.30. The summed E-state index contributed by atoms with van der Waals surface area (Å²) in [6, 6.07) is 0. The average Bonchev–Trinajstić information content (AvgIpc) is 3.20. The number of aliphatic hydroxyl groups is 1. The molecule has 0 aromatic carbocycles. The van der Waals surface area contributed by atoms with Gasteiger partial charge in [0.1, 0.15) is 19.3 Å². The zero-order chi connectivity index (χ0) is 68.6. The number of hydrogen-bond donors (Lipinski definition) is 3. The van der Waals surface area contributed by atoms with Crippen molar-refractivity contribution in [3.8, 4) is 0 Å². The summed E-state index contributed by atoms with van der Waals surface area (Å²) in [5.41, 5.74) is 0. The van der Waals surface area contributed by atoms with Crippen molar-refractivity contribution in [1.29, 1.82) is 0 Å². The van der Waals surface area contributed by atoms with E-state index in [0.29, 0.717) is 25.7 Å². The molecule has 0 bridgehead atoms. The number of rotatable bonds is 73. The van der Waals surface area contributed by atoms with Crippen LogP contribution < -0.4 is 0 Å². The molecule has 0 aliphatic carbocycles. The summed E-state index contributed by atoms with van der Waals surface area (Å²) in [4.78, 5) is 72.7. The van der Waals surface area contributed by atoms with Crippen molar-refractivity contribution in [2.24, 2.45) is 11.8 Å². The number of ether oxygens (including phenoxy) is 4. The van der Waals surface area contributed by atoms with Crippen molar-refractivity contribution in [3.05, 3.63) is 0 Å². The maximum atomic E-state index is 13.1. The van der Waals surface area contributed by atoms with E-state index < -0.39 is 97.5 Å². The summed E-state index contributed by atoms with van der Waals surface area (Å²) < 4.78 is 68.4. The molecule has 2 unspecified atom stereocenters. The van der Waals surface area contributed by atoms with Gasteiger partial charge in [0.05, 0.1) is 26.4 Å². The quantitative estimate of drug-likeness (QED) is 0.0222. The second-order valence-electron chi connectivity index (χ2n) is 27.6. The Hall–Kier alpha value is -1.94. The predicted molar refractivity (Wildman–Crippen MR) is 377 cm³/mol. The minimum Gasteiger partial charge on any atom is -0.462 e. The van der Waals surface area contributed by atoms with E-state index in [1.54, 1.807) is 0 Å². The number of hydrogen-bond acceptors (Lipinski definition) is 15. The molecule has 5 atom stereocenters. The lowest BCUT2D eigenvalue weighted by Gasteiger charge is -2.21. The van der Waals surface area contributed by atoms with Gasteiger partial charge in [0.2, 0.25) is 0 Å². The third-order valence-corrected chi connectivity index (χ3v) is 19.1. The standard InChI is InChI=1S/C74H144O17P2/c1-7-9-11-13-15-17-19-20-21-22-23-24-27-34-40-46-52-58-73(78)90-69(63-85-72(77)57-51-45-39-33-28-25-26-30-36-42-48-54-66(3)4)64-88-92(80,81)86-60-68(75)61-87-93(82,83)89-65-70(62-84-71(76)56-50-44-38-32-18-16-14-12-10-8-2)91-74(79)59-53-47-41-35-29-31-37-43-49-55-67(5)6/h66-70,75H,7-65H2,1-6H3,(H,80,81)(H,82,83)/t68-,69-,70-/m1/s1. The smallest absolute Gasteiger partial charge is 0.462 e. The summed E-state index contributed by atoms with van der Waals surface area (Å²) in [7, 11) is -9.91. The molecule has 17 nitrogen and oxygen atoms in total. The van der Waals surface area contributed by atoms with Crippen LogP contribution in [-0.2, 0) is 65.4 Å². The van der Waals surface area contributed by atoms with Crippen LogP contribution in [0.5, 0.6) is 0 Å².